The number of hydrogen-bond acceptors (Lipinski definition) is 3. The molecule has 0 radical (unpaired) electrons. The summed E-state index contributed by atoms with van der Waals surface area (Å²) >= 11 is 1.37. The van der Waals surface area contributed by atoms with E-state index in [1.165, 1.54) is 11.8 Å². The molecule has 0 aliphatic heterocycles. The Balaban J connectivity index is 3.56. The van der Waals surface area contributed by atoms with E-state index < -0.39 is 12.0 Å². The molecule has 4 heteroatoms. The van der Waals surface area contributed by atoms with Crippen molar-refractivity contribution < 1.29 is 9.90 Å². The summed E-state index contributed by atoms with van der Waals surface area (Å²) in [7, 11) is 0. The zero-order chi connectivity index (χ0) is 9.56. The fraction of sp³-hybridized carbons (Fsp3) is 0.375. The van der Waals surface area contributed by atoms with E-state index in [0.717, 1.165) is 5.57 Å². The molecule has 0 bridgehead atoms. The van der Waals surface area contributed by atoms with Crippen LogP contribution in [0.2, 0.25) is 0 Å². The second-order valence-corrected chi connectivity index (χ2v) is 3.37. The smallest absolute Gasteiger partial charge is 0.321 e. The number of aliphatic carboxylic acids is 1. The number of nitrogens with two attached hydrogens (primary N) is 1. The first kappa shape index (κ1) is 11.3. The van der Waals surface area contributed by atoms with Crippen molar-refractivity contribution in [2.45, 2.75) is 13.0 Å². The van der Waals surface area contributed by atoms with E-state index in [1.807, 2.05) is 13.0 Å². The van der Waals surface area contributed by atoms with E-state index in [1.54, 1.807) is 5.41 Å². The van der Waals surface area contributed by atoms with Crippen molar-refractivity contribution >= 4 is 17.7 Å². The summed E-state index contributed by atoms with van der Waals surface area (Å²) < 4.78 is 0. The van der Waals surface area contributed by atoms with Gasteiger partial charge >= 0.3 is 5.97 Å². The third-order valence-electron chi connectivity index (χ3n) is 1.04. The van der Waals surface area contributed by atoms with E-state index in [2.05, 4.69) is 6.58 Å². The highest BCUT2D eigenvalue weighted by Crippen LogP contribution is 2.05. The van der Waals surface area contributed by atoms with Crippen molar-refractivity contribution in [1.29, 1.82) is 0 Å². The van der Waals surface area contributed by atoms with Crippen LogP contribution >= 0.6 is 11.8 Å². The molecule has 0 fully saturated rings. The van der Waals surface area contributed by atoms with Crippen LogP contribution in [-0.4, -0.2) is 22.9 Å². The van der Waals surface area contributed by atoms with Crippen molar-refractivity contribution in [1.82, 2.24) is 0 Å². The molecule has 0 rings (SSSR count). The Labute approximate surface area is 76.3 Å². The summed E-state index contributed by atoms with van der Waals surface area (Å²) in [6, 6.07) is -0.787. The molecule has 0 amide bonds. The van der Waals surface area contributed by atoms with Gasteiger partial charge in [-0.3, -0.25) is 4.79 Å². The summed E-state index contributed by atoms with van der Waals surface area (Å²) in [6.45, 7) is 5.53. The highest BCUT2D eigenvalue weighted by molar-refractivity contribution is 8.02. The predicted molar refractivity (Wildman–Crippen MR) is 52.0 cm³/mol. The van der Waals surface area contributed by atoms with Gasteiger partial charge in [0.15, 0.2) is 0 Å². The minimum Gasteiger partial charge on any atom is -0.480 e. The highest BCUT2D eigenvalue weighted by atomic mass is 32.2. The van der Waals surface area contributed by atoms with E-state index in [-0.39, 0.29) is 0 Å². The molecule has 12 heavy (non-hydrogen) atoms. The summed E-state index contributed by atoms with van der Waals surface area (Å²) in [5.74, 6) is -0.578. The molecule has 0 aliphatic carbocycles. The van der Waals surface area contributed by atoms with Crippen LogP contribution in [-0.2, 0) is 4.79 Å². The third-order valence-corrected chi connectivity index (χ3v) is 1.92. The lowest BCUT2D eigenvalue weighted by Crippen LogP contribution is -2.32. The molecule has 0 saturated heterocycles. The Morgan fingerprint density at radius 3 is 2.83 bits per heavy atom. The second-order valence-electron chi connectivity index (χ2n) is 2.43. The van der Waals surface area contributed by atoms with Crippen molar-refractivity contribution in [2.24, 2.45) is 5.73 Å². The van der Waals surface area contributed by atoms with Crippen LogP contribution in [0.15, 0.2) is 23.6 Å². The Morgan fingerprint density at radius 2 is 2.42 bits per heavy atom. The van der Waals surface area contributed by atoms with Gasteiger partial charge in [0.05, 0.1) is 0 Å². The number of carboxylic acids is 1. The van der Waals surface area contributed by atoms with Crippen LogP contribution in [0.1, 0.15) is 6.92 Å². The zero-order valence-corrected chi connectivity index (χ0v) is 7.80. The number of rotatable bonds is 5. The molecule has 0 saturated carbocycles. The third kappa shape index (κ3) is 6.00. The largest absolute Gasteiger partial charge is 0.480 e. The van der Waals surface area contributed by atoms with E-state index in [0.29, 0.717) is 5.75 Å². The maximum Gasteiger partial charge on any atom is 0.321 e. The minimum absolute atomic E-state index is 0.388. The first-order valence-electron chi connectivity index (χ1n) is 3.46. The Morgan fingerprint density at radius 1 is 1.83 bits per heavy atom. The molecule has 1 atom stereocenters. The maximum atomic E-state index is 10.2. The van der Waals surface area contributed by atoms with Gasteiger partial charge in [-0.05, 0) is 12.3 Å². The summed E-state index contributed by atoms with van der Waals surface area (Å²) in [4.78, 5) is 10.2. The van der Waals surface area contributed by atoms with Crippen LogP contribution in [0.25, 0.3) is 0 Å². The number of hydrogen-bond donors (Lipinski definition) is 2. The molecule has 68 valence electrons. The van der Waals surface area contributed by atoms with Crippen LogP contribution in [0.3, 0.4) is 0 Å². The Bertz CT molecular complexity index is 201. The van der Waals surface area contributed by atoms with Gasteiger partial charge in [-0.15, -0.1) is 11.8 Å². The van der Waals surface area contributed by atoms with Crippen LogP contribution in [0, 0.1) is 0 Å². The number of carboxylic acid groups (broad SMARTS) is 1. The topological polar surface area (TPSA) is 63.3 Å². The van der Waals surface area contributed by atoms with Gasteiger partial charge in [0, 0.05) is 5.75 Å². The van der Waals surface area contributed by atoms with Crippen molar-refractivity contribution in [3.05, 3.63) is 23.6 Å². The quantitative estimate of drug-likeness (QED) is 0.635. The monoisotopic (exact) mass is 187 g/mol. The average Bonchev–Trinajstić information content (AvgIpc) is 1.97. The van der Waals surface area contributed by atoms with E-state index in [4.69, 9.17) is 10.8 Å². The Hall–Kier alpha value is -0.740. The maximum absolute atomic E-state index is 10.2. The van der Waals surface area contributed by atoms with Crippen LogP contribution in [0.5, 0.6) is 0 Å². The molecule has 3 N–H and O–H groups in total. The number of allylic oxidation sites excluding steroid dienone is 2. The number of thioether (sulfide) groups is 1. The lowest BCUT2D eigenvalue weighted by atomic mass is 10.4. The first-order valence-corrected chi connectivity index (χ1v) is 4.51. The lowest BCUT2D eigenvalue weighted by Gasteiger charge is -2.01. The summed E-state index contributed by atoms with van der Waals surface area (Å²) in [6.07, 6.45) is 1.82. The molecule has 0 aliphatic rings. The van der Waals surface area contributed by atoms with E-state index in [9.17, 15) is 4.79 Å². The SMILES string of the molecule is C=C(C)C=CSCC(N)C(=O)O. The molecular formula is C8H13NO2S. The van der Waals surface area contributed by atoms with Gasteiger partial charge in [0.25, 0.3) is 0 Å². The molecule has 0 aromatic rings. The normalized spacial score (nSPS) is 13.2. The molecule has 0 spiro atoms. The standard InChI is InChI=1S/C8H13NO2S/c1-6(2)3-4-12-5-7(9)8(10)11/h3-4,7H,1,5,9H2,2H3,(H,10,11). The van der Waals surface area contributed by atoms with Gasteiger partial charge in [-0.1, -0.05) is 18.2 Å². The van der Waals surface area contributed by atoms with Gasteiger partial charge in [0.1, 0.15) is 6.04 Å². The number of carbonyl (C=O) groups is 1. The Kier molecular flexibility index (Phi) is 5.49. The van der Waals surface area contributed by atoms with Crippen molar-refractivity contribution in [3.63, 3.8) is 0 Å². The molecule has 3 nitrogen and oxygen atoms in total. The molecule has 0 aromatic carbocycles. The van der Waals surface area contributed by atoms with Crippen molar-refractivity contribution in [3.8, 4) is 0 Å². The van der Waals surface area contributed by atoms with Gasteiger partial charge in [0.2, 0.25) is 0 Å². The first-order chi connectivity index (χ1) is 5.54. The molecule has 0 aromatic heterocycles. The second kappa shape index (κ2) is 5.85. The highest BCUT2D eigenvalue weighted by Gasteiger charge is 2.09. The van der Waals surface area contributed by atoms with Gasteiger partial charge < -0.3 is 10.8 Å². The molecule has 0 heterocycles. The lowest BCUT2D eigenvalue weighted by molar-refractivity contribution is -0.137. The van der Waals surface area contributed by atoms with Crippen molar-refractivity contribution in [2.75, 3.05) is 5.75 Å². The summed E-state index contributed by atoms with van der Waals surface area (Å²) in [5, 5.41) is 10.2. The van der Waals surface area contributed by atoms with Crippen LogP contribution in [0.4, 0.5) is 0 Å². The van der Waals surface area contributed by atoms with Gasteiger partial charge in [-0.2, -0.15) is 0 Å². The minimum atomic E-state index is -0.966. The summed E-state index contributed by atoms with van der Waals surface area (Å²) in [5.41, 5.74) is 6.19. The van der Waals surface area contributed by atoms with E-state index >= 15 is 0 Å². The van der Waals surface area contributed by atoms with Gasteiger partial charge in [-0.25, -0.2) is 0 Å². The zero-order valence-electron chi connectivity index (χ0n) is 6.99. The predicted octanol–water partition coefficient (Wildman–Crippen LogP) is 1.22. The fourth-order valence-electron chi connectivity index (χ4n) is 0.395. The van der Waals surface area contributed by atoms with Crippen LogP contribution < -0.4 is 5.73 Å². The fourth-order valence-corrected chi connectivity index (χ4v) is 1.18. The molecular weight excluding hydrogens is 174 g/mol. The molecule has 1 unspecified atom stereocenters. The average molecular weight is 187 g/mol.